The highest BCUT2D eigenvalue weighted by molar-refractivity contribution is 5.79. The summed E-state index contributed by atoms with van der Waals surface area (Å²) in [6.07, 6.45) is -5.46. The number of hydrogen-bond acceptors (Lipinski definition) is 4. The molecule has 0 aromatic heterocycles. The number of halogens is 3. The quantitative estimate of drug-likeness (QED) is 0.473. The lowest BCUT2D eigenvalue weighted by atomic mass is 10.0. The maximum atomic E-state index is 12.6. The van der Waals surface area contributed by atoms with Gasteiger partial charge >= 0.3 is 6.18 Å². The van der Waals surface area contributed by atoms with Crippen molar-refractivity contribution < 1.29 is 22.9 Å². The zero-order valence-corrected chi connectivity index (χ0v) is 8.69. The Bertz CT molecular complexity index is 547. The van der Waals surface area contributed by atoms with E-state index in [9.17, 15) is 28.1 Å². The zero-order valence-electron chi connectivity index (χ0n) is 8.69. The molecule has 0 unspecified atom stereocenters. The standard InChI is InChI=1S/C10H5F3N2O3/c11-10(12,13)8-3-6(1-2-14)9(15(17)18)4-7(8)5-16/h3-5H,1H2. The van der Waals surface area contributed by atoms with Crippen molar-refractivity contribution in [3.05, 3.63) is 38.9 Å². The fraction of sp³-hybridized carbons (Fsp3) is 0.200. The SMILES string of the molecule is N#CCc1cc(C(F)(F)F)c(C=O)cc1[N+](=O)[O-]. The largest absolute Gasteiger partial charge is 0.417 e. The van der Waals surface area contributed by atoms with Crippen molar-refractivity contribution in [3.8, 4) is 6.07 Å². The maximum Gasteiger partial charge on any atom is 0.417 e. The minimum atomic E-state index is -4.81. The van der Waals surface area contributed by atoms with Gasteiger partial charge in [0.05, 0.1) is 23.0 Å². The third kappa shape index (κ3) is 2.63. The molecule has 1 aromatic carbocycles. The van der Waals surface area contributed by atoms with E-state index in [1.165, 1.54) is 6.07 Å². The molecule has 0 aliphatic heterocycles. The lowest BCUT2D eigenvalue weighted by molar-refractivity contribution is -0.385. The first kappa shape index (κ1) is 13.6. The molecular formula is C10H5F3N2O3. The second-order valence-electron chi connectivity index (χ2n) is 3.28. The van der Waals surface area contributed by atoms with Crippen LogP contribution >= 0.6 is 0 Å². The Labute approximate surface area is 98.6 Å². The Kier molecular flexibility index (Phi) is 3.66. The lowest BCUT2D eigenvalue weighted by Gasteiger charge is -2.10. The summed E-state index contributed by atoms with van der Waals surface area (Å²) in [5.74, 6) is 0. The van der Waals surface area contributed by atoms with Crippen molar-refractivity contribution in [3.63, 3.8) is 0 Å². The first-order valence-corrected chi connectivity index (χ1v) is 4.52. The minimum absolute atomic E-state index is 0.105. The van der Waals surface area contributed by atoms with Gasteiger partial charge in [-0.2, -0.15) is 18.4 Å². The van der Waals surface area contributed by atoms with Crippen LogP contribution in [0.4, 0.5) is 18.9 Å². The van der Waals surface area contributed by atoms with Crippen molar-refractivity contribution >= 4 is 12.0 Å². The van der Waals surface area contributed by atoms with Crippen LogP contribution in [-0.2, 0) is 12.6 Å². The monoisotopic (exact) mass is 258 g/mol. The summed E-state index contributed by atoms with van der Waals surface area (Å²) in [5, 5.41) is 19.0. The van der Waals surface area contributed by atoms with E-state index in [1.807, 2.05) is 0 Å². The lowest BCUT2D eigenvalue weighted by Crippen LogP contribution is -2.11. The number of carbonyl (C=O) groups excluding carboxylic acids is 1. The third-order valence-electron chi connectivity index (χ3n) is 2.15. The number of nitro benzene ring substituents is 1. The molecule has 1 rings (SSSR count). The minimum Gasteiger partial charge on any atom is -0.298 e. The van der Waals surface area contributed by atoms with Gasteiger partial charge < -0.3 is 0 Å². The Balaban J connectivity index is 3.57. The number of alkyl halides is 3. The van der Waals surface area contributed by atoms with Crippen molar-refractivity contribution in [1.29, 1.82) is 5.26 Å². The number of nitrogens with zero attached hydrogens (tertiary/aromatic N) is 2. The average molecular weight is 258 g/mol. The molecule has 0 saturated heterocycles. The summed E-state index contributed by atoms with van der Waals surface area (Å²) in [6, 6.07) is 2.53. The van der Waals surface area contributed by atoms with Crippen LogP contribution in [0.1, 0.15) is 21.5 Å². The first-order chi connectivity index (χ1) is 8.31. The third-order valence-corrected chi connectivity index (χ3v) is 2.15. The zero-order chi connectivity index (χ0) is 13.9. The normalized spacial score (nSPS) is 10.8. The molecule has 0 bridgehead atoms. The van der Waals surface area contributed by atoms with Crippen molar-refractivity contribution in [2.45, 2.75) is 12.6 Å². The van der Waals surface area contributed by atoms with Gasteiger partial charge in [-0.15, -0.1) is 0 Å². The summed E-state index contributed by atoms with van der Waals surface area (Å²) in [4.78, 5) is 20.2. The summed E-state index contributed by atoms with van der Waals surface area (Å²) >= 11 is 0. The van der Waals surface area contributed by atoms with E-state index in [0.29, 0.717) is 12.1 Å². The molecule has 8 heteroatoms. The van der Waals surface area contributed by atoms with E-state index in [1.54, 1.807) is 0 Å². The molecule has 0 aliphatic carbocycles. The van der Waals surface area contributed by atoms with Gasteiger partial charge in [0.15, 0.2) is 6.29 Å². The smallest absolute Gasteiger partial charge is 0.298 e. The van der Waals surface area contributed by atoms with E-state index in [4.69, 9.17) is 5.26 Å². The van der Waals surface area contributed by atoms with Crippen LogP contribution in [0.15, 0.2) is 12.1 Å². The first-order valence-electron chi connectivity index (χ1n) is 4.52. The summed E-state index contributed by atoms with van der Waals surface area (Å²) < 4.78 is 37.7. The fourth-order valence-electron chi connectivity index (χ4n) is 1.39. The average Bonchev–Trinajstić information content (AvgIpc) is 2.27. The van der Waals surface area contributed by atoms with Crippen LogP contribution in [0.2, 0.25) is 0 Å². The van der Waals surface area contributed by atoms with Crippen LogP contribution in [0.25, 0.3) is 0 Å². The predicted molar refractivity (Wildman–Crippen MR) is 52.8 cm³/mol. The van der Waals surface area contributed by atoms with E-state index in [0.717, 1.165) is 0 Å². The van der Waals surface area contributed by atoms with E-state index < -0.39 is 34.3 Å². The molecular weight excluding hydrogens is 253 g/mol. The molecule has 0 fully saturated rings. The molecule has 0 saturated carbocycles. The Morgan fingerprint density at radius 2 is 2.06 bits per heavy atom. The molecule has 18 heavy (non-hydrogen) atoms. The molecule has 94 valence electrons. The molecule has 0 amide bonds. The second-order valence-corrected chi connectivity index (χ2v) is 3.28. The number of benzene rings is 1. The molecule has 0 heterocycles. The van der Waals surface area contributed by atoms with Gasteiger partial charge in [-0.25, -0.2) is 0 Å². The van der Waals surface area contributed by atoms with Gasteiger partial charge in [0.1, 0.15) is 0 Å². The van der Waals surface area contributed by atoms with Gasteiger partial charge in [-0.3, -0.25) is 14.9 Å². The highest BCUT2D eigenvalue weighted by atomic mass is 19.4. The van der Waals surface area contributed by atoms with Gasteiger partial charge in [0, 0.05) is 17.2 Å². The van der Waals surface area contributed by atoms with Crippen LogP contribution in [-0.4, -0.2) is 11.2 Å². The molecule has 1 aromatic rings. The summed E-state index contributed by atoms with van der Waals surface area (Å²) in [7, 11) is 0. The molecule has 0 atom stereocenters. The Morgan fingerprint density at radius 3 is 2.44 bits per heavy atom. The maximum absolute atomic E-state index is 12.6. The molecule has 5 nitrogen and oxygen atoms in total. The topological polar surface area (TPSA) is 84.0 Å². The van der Waals surface area contributed by atoms with Crippen molar-refractivity contribution in [1.82, 2.24) is 0 Å². The summed E-state index contributed by atoms with van der Waals surface area (Å²) in [5.41, 5.74) is -3.16. The molecule has 0 spiro atoms. The van der Waals surface area contributed by atoms with Crippen molar-refractivity contribution in [2.75, 3.05) is 0 Å². The number of aldehydes is 1. The van der Waals surface area contributed by atoms with Gasteiger partial charge in [0.25, 0.3) is 5.69 Å². The van der Waals surface area contributed by atoms with E-state index in [2.05, 4.69) is 0 Å². The van der Waals surface area contributed by atoms with Gasteiger partial charge in [-0.05, 0) is 6.07 Å². The number of nitro groups is 1. The van der Waals surface area contributed by atoms with Crippen LogP contribution < -0.4 is 0 Å². The molecule has 0 aliphatic rings. The van der Waals surface area contributed by atoms with Gasteiger partial charge in [0.2, 0.25) is 0 Å². The van der Waals surface area contributed by atoms with E-state index >= 15 is 0 Å². The number of hydrogen-bond donors (Lipinski definition) is 0. The Morgan fingerprint density at radius 1 is 1.44 bits per heavy atom. The highest BCUT2D eigenvalue weighted by Crippen LogP contribution is 2.35. The highest BCUT2D eigenvalue weighted by Gasteiger charge is 2.35. The number of nitriles is 1. The van der Waals surface area contributed by atoms with Crippen LogP contribution in [0.5, 0.6) is 0 Å². The number of carbonyl (C=O) groups is 1. The van der Waals surface area contributed by atoms with Gasteiger partial charge in [-0.1, -0.05) is 0 Å². The van der Waals surface area contributed by atoms with Crippen molar-refractivity contribution in [2.24, 2.45) is 0 Å². The van der Waals surface area contributed by atoms with E-state index in [-0.39, 0.29) is 11.8 Å². The van der Waals surface area contributed by atoms with Crippen LogP contribution in [0, 0.1) is 21.4 Å². The number of rotatable bonds is 3. The Hall–Kier alpha value is -2.43. The predicted octanol–water partition coefficient (Wildman–Crippen LogP) is 2.49. The molecule has 0 N–H and O–H groups in total. The molecule has 0 radical (unpaired) electrons. The van der Waals surface area contributed by atoms with Crippen LogP contribution in [0.3, 0.4) is 0 Å². The second kappa shape index (κ2) is 4.83. The summed E-state index contributed by atoms with van der Waals surface area (Å²) in [6.45, 7) is 0. The fourth-order valence-corrected chi connectivity index (χ4v) is 1.39.